The largest absolute Gasteiger partial charge is 0.318 e. The first-order valence-electron chi connectivity index (χ1n) is 5.89. The van der Waals surface area contributed by atoms with E-state index in [1.165, 1.54) is 22.7 Å². The Morgan fingerprint density at radius 2 is 1.94 bits per heavy atom. The van der Waals surface area contributed by atoms with Crippen molar-refractivity contribution in [2.24, 2.45) is 0 Å². The van der Waals surface area contributed by atoms with Gasteiger partial charge in [0, 0.05) is 24.3 Å². The lowest BCUT2D eigenvalue weighted by molar-refractivity contribution is 0.590. The van der Waals surface area contributed by atoms with Gasteiger partial charge in [0.05, 0.1) is 0 Å². The van der Waals surface area contributed by atoms with E-state index >= 15 is 0 Å². The van der Waals surface area contributed by atoms with Crippen molar-refractivity contribution in [2.75, 3.05) is 11.9 Å². The molecular weight excluding hydrogens is 244 g/mol. The Hall–Kier alpha value is -1.49. The van der Waals surface area contributed by atoms with Gasteiger partial charge in [0.25, 0.3) is 0 Å². The molecule has 0 saturated carbocycles. The number of nitrogens with zero attached hydrogens (tertiary/aromatic N) is 4. The highest BCUT2D eigenvalue weighted by molar-refractivity contribution is 7.09. The molecule has 0 aliphatic carbocycles. The average Bonchev–Trinajstić information content (AvgIpc) is 2.80. The minimum atomic E-state index is 0.142. The molecule has 1 heterocycles. The van der Waals surface area contributed by atoms with Gasteiger partial charge in [-0.3, -0.25) is 0 Å². The molecule has 0 N–H and O–H groups in total. The smallest absolute Gasteiger partial charge is 0.232 e. The van der Waals surface area contributed by atoms with Crippen molar-refractivity contribution in [3.05, 3.63) is 29.3 Å². The zero-order chi connectivity index (χ0) is 13.3. The standard InChI is InChI=1S/C13H18N4S/c1-9-6-7-10(13(2,3)4)8-11(9)17(5)12-14-15-16-18-12/h6-8H,1-5H3. The molecule has 0 spiro atoms. The van der Waals surface area contributed by atoms with Crippen molar-refractivity contribution in [3.63, 3.8) is 0 Å². The Morgan fingerprint density at radius 1 is 1.22 bits per heavy atom. The minimum Gasteiger partial charge on any atom is -0.318 e. The Balaban J connectivity index is 2.44. The van der Waals surface area contributed by atoms with Gasteiger partial charge >= 0.3 is 0 Å². The average molecular weight is 262 g/mol. The molecule has 1 aromatic carbocycles. The van der Waals surface area contributed by atoms with Crippen LogP contribution in [-0.2, 0) is 5.41 Å². The molecule has 0 radical (unpaired) electrons. The van der Waals surface area contributed by atoms with E-state index in [2.05, 4.69) is 60.7 Å². The van der Waals surface area contributed by atoms with E-state index in [0.717, 1.165) is 10.8 Å². The second-order valence-corrected chi connectivity index (χ2v) is 6.17. The summed E-state index contributed by atoms with van der Waals surface area (Å²) in [5.41, 5.74) is 3.83. The molecule has 0 fully saturated rings. The number of benzene rings is 1. The van der Waals surface area contributed by atoms with E-state index in [0.29, 0.717) is 0 Å². The second kappa shape index (κ2) is 4.65. The first kappa shape index (κ1) is 13.0. The van der Waals surface area contributed by atoms with Crippen molar-refractivity contribution in [1.29, 1.82) is 0 Å². The van der Waals surface area contributed by atoms with Crippen LogP contribution in [0.5, 0.6) is 0 Å². The molecule has 0 unspecified atom stereocenters. The highest BCUT2D eigenvalue weighted by atomic mass is 32.1. The predicted octanol–water partition coefficient (Wildman–Crippen LogP) is 3.31. The van der Waals surface area contributed by atoms with Crippen LogP contribution in [0.2, 0.25) is 0 Å². The Kier molecular flexibility index (Phi) is 3.34. The quantitative estimate of drug-likeness (QED) is 0.832. The van der Waals surface area contributed by atoms with Crippen LogP contribution in [0.3, 0.4) is 0 Å². The maximum atomic E-state index is 4.01. The number of aromatic nitrogens is 3. The predicted molar refractivity (Wildman–Crippen MR) is 75.6 cm³/mol. The van der Waals surface area contributed by atoms with Crippen LogP contribution in [0, 0.1) is 6.92 Å². The lowest BCUT2D eigenvalue weighted by Crippen LogP contribution is -2.15. The van der Waals surface area contributed by atoms with Crippen molar-refractivity contribution in [2.45, 2.75) is 33.1 Å². The van der Waals surface area contributed by atoms with Gasteiger partial charge in [0.15, 0.2) is 0 Å². The molecule has 0 bridgehead atoms. The van der Waals surface area contributed by atoms with Gasteiger partial charge in [0.2, 0.25) is 5.13 Å². The van der Waals surface area contributed by atoms with Crippen LogP contribution < -0.4 is 4.90 Å². The molecule has 2 aromatic rings. The SMILES string of the molecule is Cc1ccc(C(C)(C)C)cc1N(C)c1nnns1. The minimum absolute atomic E-state index is 0.142. The molecule has 0 amide bonds. The molecule has 2 rings (SSSR count). The van der Waals surface area contributed by atoms with Gasteiger partial charge in [-0.1, -0.05) is 42.5 Å². The Morgan fingerprint density at radius 3 is 2.50 bits per heavy atom. The number of anilines is 2. The molecule has 1 aromatic heterocycles. The van der Waals surface area contributed by atoms with E-state index in [1.54, 1.807) is 0 Å². The molecule has 5 heteroatoms. The number of rotatable bonds is 2. The third-order valence-corrected chi connectivity index (χ3v) is 3.69. The van der Waals surface area contributed by atoms with E-state index < -0.39 is 0 Å². The lowest BCUT2D eigenvalue weighted by Gasteiger charge is -2.24. The van der Waals surface area contributed by atoms with Crippen LogP contribution in [0.25, 0.3) is 0 Å². The van der Waals surface area contributed by atoms with Gasteiger partial charge in [-0.15, -0.1) is 0 Å². The summed E-state index contributed by atoms with van der Waals surface area (Å²) in [6, 6.07) is 6.56. The molecule has 96 valence electrons. The van der Waals surface area contributed by atoms with Gasteiger partial charge in [-0.25, -0.2) is 0 Å². The van der Waals surface area contributed by atoms with E-state index in [9.17, 15) is 0 Å². The summed E-state index contributed by atoms with van der Waals surface area (Å²) in [6.45, 7) is 8.75. The summed E-state index contributed by atoms with van der Waals surface area (Å²) < 4.78 is 3.81. The van der Waals surface area contributed by atoms with Crippen LogP contribution in [0.15, 0.2) is 18.2 Å². The van der Waals surface area contributed by atoms with Gasteiger partial charge in [0.1, 0.15) is 0 Å². The maximum absolute atomic E-state index is 4.01. The summed E-state index contributed by atoms with van der Waals surface area (Å²) in [6.07, 6.45) is 0. The van der Waals surface area contributed by atoms with Crippen molar-refractivity contribution >= 4 is 22.4 Å². The highest BCUT2D eigenvalue weighted by Gasteiger charge is 2.17. The maximum Gasteiger partial charge on any atom is 0.232 e. The zero-order valence-corrected chi connectivity index (χ0v) is 12.2. The van der Waals surface area contributed by atoms with Crippen LogP contribution in [0.4, 0.5) is 10.8 Å². The molecule has 18 heavy (non-hydrogen) atoms. The van der Waals surface area contributed by atoms with Crippen molar-refractivity contribution in [1.82, 2.24) is 14.8 Å². The van der Waals surface area contributed by atoms with E-state index in [-0.39, 0.29) is 5.41 Å². The van der Waals surface area contributed by atoms with Crippen LogP contribution >= 0.6 is 11.5 Å². The molecule has 0 aliphatic rings. The Bertz CT molecular complexity index is 528. The molecule has 0 saturated heterocycles. The molecule has 0 atom stereocenters. The number of hydrogen-bond acceptors (Lipinski definition) is 5. The summed E-state index contributed by atoms with van der Waals surface area (Å²) in [5.74, 6) is 0. The normalized spacial score (nSPS) is 11.6. The van der Waals surface area contributed by atoms with Crippen LogP contribution in [-0.4, -0.2) is 21.8 Å². The van der Waals surface area contributed by atoms with Crippen molar-refractivity contribution < 1.29 is 0 Å². The van der Waals surface area contributed by atoms with E-state index in [1.807, 2.05) is 11.9 Å². The zero-order valence-electron chi connectivity index (χ0n) is 11.4. The van der Waals surface area contributed by atoms with Crippen molar-refractivity contribution in [3.8, 4) is 0 Å². The second-order valence-electron chi connectivity index (χ2n) is 5.46. The summed E-state index contributed by atoms with van der Waals surface area (Å²) in [7, 11) is 2.00. The number of aryl methyl sites for hydroxylation is 1. The summed E-state index contributed by atoms with van der Waals surface area (Å²) in [5, 5.41) is 8.46. The molecule has 4 nitrogen and oxygen atoms in total. The lowest BCUT2D eigenvalue weighted by atomic mass is 9.86. The summed E-state index contributed by atoms with van der Waals surface area (Å²) in [4.78, 5) is 2.04. The van der Waals surface area contributed by atoms with Crippen LogP contribution in [0.1, 0.15) is 31.9 Å². The summed E-state index contributed by atoms with van der Waals surface area (Å²) >= 11 is 1.30. The van der Waals surface area contributed by atoms with E-state index in [4.69, 9.17) is 0 Å². The fourth-order valence-electron chi connectivity index (χ4n) is 1.80. The van der Waals surface area contributed by atoms with Gasteiger partial charge in [-0.05, 0) is 34.7 Å². The first-order chi connectivity index (χ1) is 8.39. The monoisotopic (exact) mass is 262 g/mol. The highest BCUT2D eigenvalue weighted by Crippen LogP contribution is 2.31. The topological polar surface area (TPSA) is 41.9 Å². The van der Waals surface area contributed by atoms with Gasteiger partial charge in [-0.2, -0.15) is 0 Å². The third-order valence-electron chi connectivity index (χ3n) is 3.01. The fraction of sp³-hybridized carbons (Fsp3) is 0.462. The third kappa shape index (κ3) is 2.51. The molecule has 0 aliphatic heterocycles. The number of hydrogen-bond donors (Lipinski definition) is 0. The van der Waals surface area contributed by atoms with Gasteiger partial charge < -0.3 is 4.90 Å². The molecular formula is C13H18N4S. The fourth-order valence-corrected chi connectivity index (χ4v) is 2.24. The Labute approximate surface area is 112 Å². The first-order valence-corrected chi connectivity index (χ1v) is 6.67.